The number of thiazole rings is 1. The van der Waals surface area contributed by atoms with Gasteiger partial charge in [-0.05, 0) is 37.5 Å². The number of fused-ring (bicyclic) bond motifs is 1. The molecule has 0 spiro atoms. The second kappa shape index (κ2) is 10.8. The summed E-state index contributed by atoms with van der Waals surface area (Å²) in [7, 11) is 0. The average molecular weight is 397 g/mol. The van der Waals surface area contributed by atoms with E-state index in [0.29, 0.717) is 13.0 Å². The monoisotopic (exact) mass is 396 g/mol. The number of benzene rings is 2. The summed E-state index contributed by atoms with van der Waals surface area (Å²) in [5, 5.41) is 18.0. The van der Waals surface area contributed by atoms with Crippen LogP contribution in [-0.4, -0.2) is 35.7 Å². The average Bonchev–Trinajstić information content (AvgIpc) is 3.14. The van der Waals surface area contributed by atoms with Crippen molar-refractivity contribution >= 4 is 27.5 Å². The maximum absolute atomic E-state index is 10.3. The highest BCUT2D eigenvalue weighted by Crippen LogP contribution is 2.22. The zero-order chi connectivity index (χ0) is 19.6. The second-order valence-corrected chi connectivity index (χ2v) is 7.70. The van der Waals surface area contributed by atoms with Crippen molar-refractivity contribution in [3.63, 3.8) is 0 Å². The quantitative estimate of drug-likeness (QED) is 0.291. The molecule has 0 saturated carbocycles. The highest BCUT2D eigenvalue weighted by atomic mass is 32.1. The van der Waals surface area contributed by atoms with Gasteiger partial charge in [0.1, 0.15) is 0 Å². The number of para-hydroxylation sites is 1. The Kier molecular flexibility index (Phi) is 7.82. The Hall–Kier alpha value is -2.44. The first-order valence-electron chi connectivity index (χ1n) is 9.86. The number of aromatic nitrogens is 1. The van der Waals surface area contributed by atoms with Gasteiger partial charge in [0.15, 0.2) is 5.96 Å². The van der Waals surface area contributed by atoms with E-state index in [4.69, 9.17) is 0 Å². The Morgan fingerprint density at radius 2 is 1.89 bits per heavy atom. The van der Waals surface area contributed by atoms with Gasteiger partial charge in [-0.3, -0.25) is 4.99 Å². The Labute approximate surface area is 170 Å². The largest absolute Gasteiger partial charge is 0.388 e. The molecular formula is C22H28N4OS. The van der Waals surface area contributed by atoms with Crippen LogP contribution >= 0.6 is 11.3 Å². The fourth-order valence-corrected chi connectivity index (χ4v) is 3.97. The Bertz CT molecular complexity index is 845. The minimum atomic E-state index is -0.462. The van der Waals surface area contributed by atoms with Crippen molar-refractivity contribution in [2.24, 2.45) is 4.99 Å². The first kappa shape index (κ1) is 20.3. The van der Waals surface area contributed by atoms with E-state index < -0.39 is 6.10 Å². The molecule has 3 rings (SSSR count). The highest BCUT2D eigenvalue weighted by molar-refractivity contribution is 7.18. The lowest BCUT2D eigenvalue weighted by Crippen LogP contribution is -2.38. The van der Waals surface area contributed by atoms with Crippen LogP contribution < -0.4 is 10.6 Å². The molecule has 0 amide bonds. The van der Waals surface area contributed by atoms with E-state index in [1.54, 1.807) is 11.3 Å². The molecule has 0 fully saturated rings. The van der Waals surface area contributed by atoms with Crippen LogP contribution in [0.4, 0.5) is 0 Å². The number of aliphatic imine (C=N–C) groups is 1. The summed E-state index contributed by atoms with van der Waals surface area (Å²) in [6.07, 6.45) is 2.08. The van der Waals surface area contributed by atoms with Gasteiger partial charge in [0.25, 0.3) is 0 Å². The molecule has 3 N–H and O–H groups in total. The zero-order valence-electron chi connectivity index (χ0n) is 16.3. The van der Waals surface area contributed by atoms with E-state index in [-0.39, 0.29) is 0 Å². The summed E-state index contributed by atoms with van der Waals surface area (Å²) in [5.41, 5.74) is 2.03. The molecule has 0 bridgehead atoms. The van der Waals surface area contributed by atoms with Crippen LogP contribution in [0, 0.1) is 0 Å². The lowest BCUT2D eigenvalue weighted by Gasteiger charge is -2.14. The summed E-state index contributed by atoms with van der Waals surface area (Å²) in [4.78, 5) is 9.32. The van der Waals surface area contributed by atoms with Crippen LogP contribution in [-0.2, 0) is 6.42 Å². The van der Waals surface area contributed by atoms with Gasteiger partial charge in [0.2, 0.25) is 0 Å². The van der Waals surface area contributed by atoms with E-state index in [9.17, 15) is 5.11 Å². The molecule has 1 atom stereocenters. The number of aryl methyl sites for hydroxylation is 1. The van der Waals surface area contributed by atoms with Crippen molar-refractivity contribution in [1.82, 2.24) is 15.6 Å². The number of nitrogens with one attached hydrogen (secondary N) is 2. The minimum Gasteiger partial charge on any atom is -0.388 e. The van der Waals surface area contributed by atoms with E-state index >= 15 is 0 Å². The number of hydrogen-bond acceptors (Lipinski definition) is 4. The van der Waals surface area contributed by atoms with Crippen molar-refractivity contribution in [3.8, 4) is 0 Å². The third-order valence-corrected chi connectivity index (χ3v) is 5.49. The molecule has 28 heavy (non-hydrogen) atoms. The summed E-state index contributed by atoms with van der Waals surface area (Å²) in [6.45, 7) is 4.27. The first-order valence-corrected chi connectivity index (χ1v) is 10.7. The molecule has 0 aliphatic rings. The summed E-state index contributed by atoms with van der Waals surface area (Å²) >= 11 is 1.76. The van der Waals surface area contributed by atoms with Gasteiger partial charge in [-0.2, -0.15) is 0 Å². The fourth-order valence-electron chi connectivity index (χ4n) is 2.96. The maximum atomic E-state index is 10.3. The van der Waals surface area contributed by atoms with E-state index in [0.717, 1.165) is 43.0 Å². The number of aliphatic hydroxyl groups is 1. The maximum Gasteiger partial charge on any atom is 0.191 e. The summed E-state index contributed by atoms with van der Waals surface area (Å²) in [5.74, 6) is 0.798. The second-order valence-electron chi connectivity index (χ2n) is 6.58. The lowest BCUT2D eigenvalue weighted by molar-refractivity contribution is 0.168. The van der Waals surface area contributed by atoms with Gasteiger partial charge in [-0.25, -0.2) is 4.98 Å². The molecule has 0 saturated heterocycles. The smallest absolute Gasteiger partial charge is 0.191 e. The van der Waals surface area contributed by atoms with Crippen LogP contribution in [0.1, 0.15) is 36.4 Å². The van der Waals surface area contributed by atoms with Crippen LogP contribution in [0.2, 0.25) is 0 Å². The van der Waals surface area contributed by atoms with Crippen molar-refractivity contribution in [3.05, 3.63) is 65.2 Å². The molecule has 0 radical (unpaired) electrons. The molecule has 0 aliphatic heterocycles. The van der Waals surface area contributed by atoms with E-state index in [1.807, 2.05) is 36.4 Å². The molecule has 1 heterocycles. The number of guanidine groups is 1. The minimum absolute atomic E-state index is 0.462. The topological polar surface area (TPSA) is 69.5 Å². The van der Waals surface area contributed by atoms with Crippen LogP contribution in [0.5, 0.6) is 0 Å². The van der Waals surface area contributed by atoms with Gasteiger partial charge in [0.05, 0.1) is 21.3 Å². The number of hydrogen-bond donors (Lipinski definition) is 3. The van der Waals surface area contributed by atoms with Gasteiger partial charge < -0.3 is 15.7 Å². The normalized spacial score (nSPS) is 12.9. The molecule has 148 valence electrons. The Morgan fingerprint density at radius 1 is 1.11 bits per heavy atom. The van der Waals surface area contributed by atoms with Crippen LogP contribution in [0.15, 0.2) is 59.6 Å². The number of rotatable bonds is 9. The van der Waals surface area contributed by atoms with Gasteiger partial charge >= 0.3 is 0 Å². The molecule has 2 aromatic carbocycles. The Morgan fingerprint density at radius 3 is 2.68 bits per heavy atom. The predicted octanol–water partition coefficient (Wildman–Crippen LogP) is 3.91. The van der Waals surface area contributed by atoms with E-state index in [2.05, 4.69) is 45.7 Å². The van der Waals surface area contributed by atoms with Crippen molar-refractivity contribution < 1.29 is 5.11 Å². The molecule has 6 heteroatoms. The SMILES string of the molecule is CCNC(=NCCCc1nc2ccccc2s1)NCCC(O)c1ccccc1. The van der Waals surface area contributed by atoms with Gasteiger partial charge in [0, 0.05) is 26.1 Å². The summed E-state index contributed by atoms with van der Waals surface area (Å²) < 4.78 is 1.24. The fraction of sp³-hybridized carbons (Fsp3) is 0.364. The van der Waals surface area contributed by atoms with Crippen LogP contribution in [0.25, 0.3) is 10.2 Å². The lowest BCUT2D eigenvalue weighted by atomic mass is 10.1. The number of nitrogens with zero attached hydrogens (tertiary/aromatic N) is 2. The van der Waals surface area contributed by atoms with Gasteiger partial charge in [-0.1, -0.05) is 42.5 Å². The standard InChI is InChI=1S/C22H28N4OS/c1-2-23-22(25-16-14-19(27)17-9-4-3-5-10-17)24-15-8-13-21-26-18-11-6-7-12-20(18)28-21/h3-7,9-12,19,27H,2,8,13-16H2,1H3,(H2,23,24,25). The van der Waals surface area contributed by atoms with E-state index in [1.165, 1.54) is 9.71 Å². The molecule has 0 aliphatic carbocycles. The molecule has 5 nitrogen and oxygen atoms in total. The van der Waals surface area contributed by atoms with Crippen LogP contribution in [0.3, 0.4) is 0 Å². The summed E-state index contributed by atoms with van der Waals surface area (Å²) in [6, 6.07) is 18.0. The molecule has 1 aromatic heterocycles. The third-order valence-electron chi connectivity index (χ3n) is 4.40. The molecule has 1 unspecified atom stereocenters. The third kappa shape index (κ3) is 6.04. The number of aliphatic hydroxyl groups excluding tert-OH is 1. The van der Waals surface area contributed by atoms with Crippen molar-refractivity contribution in [2.45, 2.75) is 32.3 Å². The van der Waals surface area contributed by atoms with Crippen molar-refractivity contribution in [2.75, 3.05) is 19.6 Å². The highest BCUT2D eigenvalue weighted by Gasteiger charge is 2.07. The van der Waals surface area contributed by atoms with Crippen molar-refractivity contribution in [1.29, 1.82) is 0 Å². The first-order chi connectivity index (χ1) is 13.8. The molecule has 3 aromatic rings. The van der Waals surface area contributed by atoms with Gasteiger partial charge in [-0.15, -0.1) is 11.3 Å². The Balaban J connectivity index is 1.43. The molecular weight excluding hydrogens is 368 g/mol. The predicted molar refractivity (Wildman–Crippen MR) is 118 cm³/mol. The zero-order valence-corrected chi connectivity index (χ0v) is 17.1.